The third-order valence-corrected chi connectivity index (χ3v) is 7.89. The van der Waals surface area contributed by atoms with Gasteiger partial charge in [-0.15, -0.1) is 0 Å². The normalized spacial score (nSPS) is 25.5. The number of aromatic nitrogens is 3. The Labute approximate surface area is 198 Å². The van der Waals surface area contributed by atoms with Crippen LogP contribution in [-0.4, -0.2) is 32.3 Å². The predicted molar refractivity (Wildman–Crippen MR) is 120 cm³/mol. The number of nitriles is 1. The monoisotopic (exact) mass is 481 g/mol. The van der Waals surface area contributed by atoms with Crippen LogP contribution in [-0.2, 0) is 4.79 Å². The maximum atomic E-state index is 15.8. The Balaban J connectivity index is 1.52. The summed E-state index contributed by atoms with van der Waals surface area (Å²) in [6.07, 6.45) is 4.77. The lowest BCUT2D eigenvalue weighted by atomic mass is 9.61. The number of hydrogen-bond donors (Lipinski definition) is 3. The first-order chi connectivity index (χ1) is 16.9. The molecular weight excluding hydrogens is 459 g/mol. The van der Waals surface area contributed by atoms with Crippen LogP contribution in [0, 0.1) is 46.5 Å². The summed E-state index contributed by atoms with van der Waals surface area (Å²) < 4.78 is 44.2. The van der Waals surface area contributed by atoms with Gasteiger partial charge < -0.3 is 10.4 Å². The van der Waals surface area contributed by atoms with Crippen LogP contribution in [0.4, 0.5) is 19.0 Å². The molecule has 4 saturated carbocycles. The van der Waals surface area contributed by atoms with Gasteiger partial charge in [-0.2, -0.15) is 10.4 Å². The number of fused-ring (bicyclic) bond motifs is 4. The van der Waals surface area contributed by atoms with E-state index in [2.05, 4.69) is 20.5 Å². The van der Waals surface area contributed by atoms with Gasteiger partial charge in [0.15, 0.2) is 17.5 Å². The molecule has 35 heavy (non-hydrogen) atoms. The smallest absolute Gasteiger partial charge is 0.308 e. The Morgan fingerprint density at radius 1 is 1.09 bits per heavy atom. The number of aromatic amines is 1. The molecule has 180 valence electrons. The molecule has 7 rings (SSSR count). The summed E-state index contributed by atoms with van der Waals surface area (Å²) in [7, 11) is 0. The number of nitrogens with zero attached hydrogens (tertiary/aromatic N) is 3. The summed E-state index contributed by atoms with van der Waals surface area (Å²) >= 11 is 0. The van der Waals surface area contributed by atoms with Crippen LogP contribution in [0.15, 0.2) is 12.1 Å². The fraction of sp³-hybridized carbons (Fsp3) is 0.440. The maximum absolute atomic E-state index is 15.8. The second-order valence-electron chi connectivity index (χ2n) is 9.89. The summed E-state index contributed by atoms with van der Waals surface area (Å²) in [5.74, 6) is -4.15. The fourth-order valence-electron chi connectivity index (χ4n) is 6.11. The van der Waals surface area contributed by atoms with Gasteiger partial charge >= 0.3 is 5.97 Å². The van der Waals surface area contributed by atoms with E-state index >= 15 is 4.39 Å². The molecule has 0 saturated heterocycles. The van der Waals surface area contributed by atoms with Crippen molar-refractivity contribution in [1.82, 2.24) is 15.2 Å². The number of pyridine rings is 1. The molecule has 3 aromatic rings. The van der Waals surface area contributed by atoms with Crippen molar-refractivity contribution in [2.45, 2.75) is 50.5 Å². The average molecular weight is 481 g/mol. The maximum Gasteiger partial charge on any atom is 0.308 e. The first kappa shape index (κ1) is 21.9. The van der Waals surface area contributed by atoms with Gasteiger partial charge in [0.1, 0.15) is 28.8 Å². The van der Waals surface area contributed by atoms with Crippen molar-refractivity contribution in [1.29, 1.82) is 5.26 Å². The Morgan fingerprint density at radius 3 is 2.46 bits per heavy atom. The number of halogens is 3. The van der Waals surface area contributed by atoms with E-state index in [9.17, 15) is 23.9 Å². The average Bonchev–Trinajstić information content (AvgIpc) is 3.59. The van der Waals surface area contributed by atoms with E-state index in [4.69, 9.17) is 0 Å². The Kier molecular flexibility index (Phi) is 4.99. The highest BCUT2D eigenvalue weighted by atomic mass is 19.1. The standard InChI is InChI=1S/C25H22F3N5O2/c26-13-7-14-21(16(27)8-13)32-33-23(14)22-15(9-29)17(10-1-2-10)19(28)24(31-22)30-20-12-5-3-11(4-6-12)18(20)25(34)35/h7-8,10-12,18,20H,1-6H2,(H,30,31)(H,32,33)(H,34,35)/t11?,12?,18-,20-/m1/s1. The minimum atomic E-state index is -0.919. The SMILES string of the molecule is N#Cc1c(-c2n[nH]c3c(F)cc(F)cc23)nc(N[C@@H]2C3CCC(CC3)[C@H]2C(=O)O)c(F)c1C1CC1. The molecule has 10 heteroatoms. The van der Waals surface area contributed by atoms with E-state index in [1.54, 1.807) is 0 Å². The van der Waals surface area contributed by atoms with Crippen molar-refractivity contribution < 1.29 is 23.1 Å². The molecule has 4 aliphatic carbocycles. The summed E-state index contributed by atoms with van der Waals surface area (Å²) in [6, 6.07) is 3.34. The van der Waals surface area contributed by atoms with Gasteiger partial charge in [0.2, 0.25) is 0 Å². The number of anilines is 1. The van der Waals surface area contributed by atoms with Gasteiger partial charge in [0, 0.05) is 23.1 Å². The van der Waals surface area contributed by atoms with Crippen molar-refractivity contribution in [2.24, 2.45) is 17.8 Å². The van der Waals surface area contributed by atoms with Gasteiger partial charge in [-0.3, -0.25) is 9.89 Å². The molecule has 2 atom stereocenters. The molecule has 2 bridgehead atoms. The van der Waals surface area contributed by atoms with Gasteiger partial charge in [-0.05, 0) is 62.3 Å². The molecule has 7 nitrogen and oxygen atoms in total. The fourth-order valence-corrected chi connectivity index (χ4v) is 6.11. The molecule has 0 spiro atoms. The number of H-pyrrole nitrogens is 1. The summed E-state index contributed by atoms with van der Waals surface area (Å²) in [5, 5.41) is 29.7. The van der Waals surface area contributed by atoms with Crippen LogP contribution in [0.25, 0.3) is 22.3 Å². The number of hydrogen-bond acceptors (Lipinski definition) is 5. The number of carboxylic acid groups (broad SMARTS) is 1. The van der Waals surface area contributed by atoms with Crippen molar-refractivity contribution in [3.63, 3.8) is 0 Å². The molecule has 4 aliphatic rings. The Morgan fingerprint density at radius 2 is 1.80 bits per heavy atom. The number of nitrogens with one attached hydrogen (secondary N) is 2. The van der Waals surface area contributed by atoms with E-state index in [0.717, 1.165) is 37.8 Å². The second kappa shape index (κ2) is 7.97. The molecule has 3 N–H and O–H groups in total. The number of rotatable bonds is 5. The number of carbonyl (C=O) groups is 1. The number of aliphatic carboxylic acids is 1. The number of carboxylic acids is 1. The molecule has 0 unspecified atom stereocenters. The van der Waals surface area contributed by atoms with Crippen LogP contribution in [0.3, 0.4) is 0 Å². The van der Waals surface area contributed by atoms with Crippen LogP contribution in [0.1, 0.15) is 55.6 Å². The van der Waals surface area contributed by atoms with E-state index < -0.39 is 35.4 Å². The van der Waals surface area contributed by atoms with Crippen molar-refractivity contribution in [3.8, 4) is 17.5 Å². The quantitative estimate of drug-likeness (QED) is 0.468. The van der Waals surface area contributed by atoms with Crippen LogP contribution < -0.4 is 5.32 Å². The van der Waals surface area contributed by atoms with E-state index in [1.165, 1.54) is 0 Å². The highest BCUT2D eigenvalue weighted by Gasteiger charge is 2.48. The zero-order valence-corrected chi connectivity index (χ0v) is 18.6. The van der Waals surface area contributed by atoms with E-state index in [1.807, 2.05) is 6.07 Å². The molecule has 0 radical (unpaired) electrons. The van der Waals surface area contributed by atoms with Crippen LogP contribution in [0.5, 0.6) is 0 Å². The molecule has 2 aromatic heterocycles. The van der Waals surface area contributed by atoms with Gasteiger partial charge in [0.05, 0.1) is 11.5 Å². The lowest BCUT2D eigenvalue weighted by Gasteiger charge is -2.47. The van der Waals surface area contributed by atoms with Crippen molar-refractivity contribution in [3.05, 3.63) is 40.7 Å². The van der Waals surface area contributed by atoms with Crippen molar-refractivity contribution >= 4 is 22.7 Å². The lowest BCUT2D eigenvalue weighted by Crippen LogP contribution is -2.51. The third-order valence-electron chi connectivity index (χ3n) is 7.89. The number of benzene rings is 1. The highest BCUT2D eigenvalue weighted by Crippen LogP contribution is 2.49. The molecule has 0 amide bonds. The van der Waals surface area contributed by atoms with E-state index in [0.29, 0.717) is 12.8 Å². The minimum absolute atomic E-state index is 0.0139. The summed E-state index contributed by atoms with van der Waals surface area (Å²) in [6.45, 7) is 0. The Bertz CT molecular complexity index is 1400. The first-order valence-corrected chi connectivity index (χ1v) is 11.8. The highest BCUT2D eigenvalue weighted by molar-refractivity contribution is 5.94. The molecule has 0 aliphatic heterocycles. The molecular formula is C25H22F3N5O2. The van der Waals surface area contributed by atoms with E-state index in [-0.39, 0.29) is 57.0 Å². The summed E-state index contributed by atoms with van der Waals surface area (Å²) in [4.78, 5) is 16.5. The second-order valence-corrected chi connectivity index (χ2v) is 9.89. The predicted octanol–water partition coefficient (Wildman–Crippen LogP) is 5.09. The zero-order valence-electron chi connectivity index (χ0n) is 18.6. The van der Waals surface area contributed by atoms with Crippen LogP contribution >= 0.6 is 0 Å². The molecule has 2 heterocycles. The lowest BCUT2D eigenvalue weighted by molar-refractivity contribution is -0.148. The zero-order chi connectivity index (χ0) is 24.4. The van der Waals surface area contributed by atoms with Crippen LogP contribution in [0.2, 0.25) is 0 Å². The molecule has 1 aromatic carbocycles. The first-order valence-electron chi connectivity index (χ1n) is 11.8. The van der Waals surface area contributed by atoms with Gasteiger partial charge in [-0.25, -0.2) is 18.2 Å². The topological polar surface area (TPSA) is 115 Å². The Hall–Kier alpha value is -3.61. The molecule has 4 fully saturated rings. The van der Waals surface area contributed by atoms with Gasteiger partial charge in [0.25, 0.3) is 0 Å². The van der Waals surface area contributed by atoms with Crippen molar-refractivity contribution in [2.75, 3.05) is 5.32 Å². The largest absolute Gasteiger partial charge is 0.481 e. The third kappa shape index (κ3) is 3.44. The minimum Gasteiger partial charge on any atom is -0.481 e. The van der Waals surface area contributed by atoms with Gasteiger partial charge in [-0.1, -0.05) is 0 Å². The summed E-state index contributed by atoms with van der Waals surface area (Å²) in [5.41, 5.74) is 0.186.